The van der Waals surface area contributed by atoms with E-state index in [4.69, 9.17) is 9.47 Å². The minimum Gasteiger partial charge on any atom is -0.493 e. The maximum Gasteiger partial charge on any atom is 0.264 e. The first kappa shape index (κ1) is 19.6. The Bertz CT molecular complexity index is 1090. The third-order valence-corrected chi connectivity index (χ3v) is 6.76. The van der Waals surface area contributed by atoms with Gasteiger partial charge in [0.1, 0.15) is 10.7 Å². The molecule has 1 amide bonds. The lowest BCUT2D eigenvalue weighted by atomic mass is 10.0. The number of thiophene rings is 1. The summed E-state index contributed by atoms with van der Waals surface area (Å²) < 4.78 is 10.8. The molecule has 0 bridgehead atoms. The molecule has 4 rings (SSSR count). The number of aromatic nitrogens is 2. The van der Waals surface area contributed by atoms with Crippen LogP contribution >= 0.6 is 11.3 Å². The van der Waals surface area contributed by atoms with Crippen molar-refractivity contribution in [1.82, 2.24) is 14.9 Å². The lowest BCUT2D eigenvalue weighted by molar-refractivity contribution is 0.0740. The van der Waals surface area contributed by atoms with Crippen LogP contribution in [0.3, 0.4) is 0 Å². The van der Waals surface area contributed by atoms with Crippen LogP contribution in [0.5, 0.6) is 11.5 Å². The van der Waals surface area contributed by atoms with Gasteiger partial charge in [0.25, 0.3) is 5.91 Å². The minimum atomic E-state index is 0.0286. The van der Waals surface area contributed by atoms with Crippen molar-refractivity contribution in [3.8, 4) is 11.5 Å². The van der Waals surface area contributed by atoms with Crippen LogP contribution < -0.4 is 9.47 Å². The van der Waals surface area contributed by atoms with Crippen LogP contribution in [0.25, 0.3) is 10.2 Å². The molecule has 2 aromatic heterocycles. The number of amides is 1. The fourth-order valence-corrected chi connectivity index (χ4v) is 5.46. The van der Waals surface area contributed by atoms with Crippen molar-refractivity contribution in [2.45, 2.75) is 39.7 Å². The van der Waals surface area contributed by atoms with Gasteiger partial charge in [-0.3, -0.25) is 4.79 Å². The van der Waals surface area contributed by atoms with E-state index in [1.165, 1.54) is 11.3 Å². The topological polar surface area (TPSA) is 64.5 Å². The number of carbonyl (C=O) groups excluding carboxylic acids is 1. The fraction of sp³-hybridized carbons (Fsp3) is 0.409. The molecule has 1 saturated heterocycles. The zero-order chi connectivity index (χ0) is 20.7. The van der Waals surface area contributed by atoms with Crippen LogP contribution in [-0.4, -0.2) is 41.5 Å². The smallest absolute Gasteiger partial charge is 0.264 e. The summed E-state index contributed by atoms with van der Waals surface area (Å²) in [4.78, 5) is 26.2. The quantitative estimate of drug-likeness (QED) is 0.627. The molecule has 1 atom stereocenters. The summed E-state index contributed by atoms with van der Waals surface area (Å²) in [6.07, 6.45) is 1.91. The summed E-state index contributed by atoms with van der Waals surface area (Å²) in [5, 5.41) is 1.01. The molecule has 0 radical (unpaired) electrons. The highest BCUT2D eigenvalue weighted by Gasteiger charge is 2.33. The molecule has 0 saturated carbocycles. The number of methoxy groups -OCH3 is 2. The second kappa shape index (κ2) is 7.63. The van der Waals surface area contributed by atoms with Gasteiger partial charge >= 0.3 is 0 Å². The third-order valence-electron chi connectivity index (χ3n) is 5.58. The van der Waals surface area contributed by atoms with E-state index in [1.807, 2.05) is 43.9 Å². The van der Waals surface area contributed by atoms with Crippen LogP contribution in [0, 0.1) is 20.8 Å². The molecule has 0 N–H and O–H groups in total. The number of hydrogen-bond acceptors (Lipinski definition) is 6. The number of ether oxygens (including phenoxy) is 2. The summed E-state index contributed by atoms with van der Waals surface area (Å²) in [6, 6.07) is 5.93. The second-order valence-electron chi connectivity index (χ2n) is 7.36. The number of fused-ring (bicyclic) bond motifs is 1. The van der Waals surface area contributed by atoms with Gasteiger partial charge in [-0.2, -0.15) is 0 Å². The fourth-order valence-electron chi connectivity index (χ4n) is 4.22. The summed E-state index contributed by atoms with van der Waals surface area (Å²) in [6.45, 7) is 6.61. The van der Waals surface area contributed by atoms with Crippen LogP contribution in [-0.2, 0) is 0 Å². The first-order valence-electron chi connectivity index (χ1n) is 9.71. The molecule has 152 valence electrons. The highest BCUT2D eigenvalue weighted by molar-refractivity contribution is 7.20. The molecule has 1 aliphatic heterocycles. The number of rotatable bonds is 4. The zero-order valence-corrected chi connectivity index (χ0v) is 18.2. The van der Waals surface area contributed by atoms with E-state index >= 15 is 0 Å². The normalized spacial score (nSPS) is 16.4. The maximum atomic E-state index is 13.5. The Morgan fingerprint density at radius 3 is 2.62 bits per heavy atom. The van der Waals surface area contributed by atoms with Crippen LogP contribution in [0.4, 0.5) is 0 Å². The molecule has 1 fully saturated rings. The maximum absolute atomic E-state index is 13.5. The number of aryl methyl sites for hydroxylation is 3. The van der Waals surface area contributed by atoms with Crippen LogP contribution in [0.1, 0.15) is 51.2 Å². The van der Waals surface area contributed by atoms with Crippen LogP contribution in [0.2, 0.25) is 0 Å². The molecule has 3 aromatic rings. The molecule has 1 aliphatic rings. The van der Waals surface area contributed by atoms with Gasteiger partial charge in [0, 0.05) is 17.6 Å². The first-order chi connectivity index (χ1) is 13.9. The van der Waals surface area contributed by atoms with Gasteiger partial charge in [0.05, 0.1) is 25.1 Å². The van der Waals surface area contributed by atoms with Gasteiger partial charge in [-0.15, -0.1) is 11.3 Å². The van der Waals surface area contributed by atoms with Gasteiger partial charge in [-0.25, -0.2) is 9.97 Å². The van der Waals surface area contributed by atoms with Crippen molar-refractivity contribution in [2.24, 2.45) is 0 Å². The average Bonchev–Trinajstić information content (AvgIpc) is 3.31. The molecule has 0 unspecified atom stereocenters. The Kier molecular flexibility index (Phi) is 5.17. The molecule has 7 heteroatoms. The number of hydrogen-bond donors (Lipinski definition) is 0. The third kappa shape index (κ3) is 3.33. The van der Waals surface area contributed by atoms with E-state index in [0.717, 1.165) is 57.1 Å². The Balaban J connectivity index is 1.71. The van der Waals surface area contributed by atoms with Gasteiger partial charge < -0.3 is 14.4 Å². The predicted molar refractivity (Wildman–Crippen MR) is 114 cm³/mol. The number of nitrogens with zero attached hydrogens (tertiary/aromatic N) is 3. The summed E-state index contributed by atoms with van der Waals surface area (Å²) in [5.41, 5.74) is 2.97. The monoisotopic (exact) mass is 411 g/mol. The molecule has 6 nitrogen and oxygen atoms in total. The Morgan fingerprint density at radius 2 is 1.90 bits per heavy atom. The van der Waals surface area contributed by atoms with Gasteiger partial charge in [-0.1, -0.05) is 6.07 Å². The Morgan fingerprint density at radius 1 is 1.14 bits per heavy atom. The first-order valence-corrected chi connectivity index (χ1v) is 10.5. The largest absolute Gasteiger partial charge is 0.493 e. The van der Waals surface area contributed by atoms with Crippen molar-refractivity contribution in [3.63, 3.8) is 0 Å². The van der Waals surface area contributed by atoms with Crippen LogP contribution in [0.15, 0.2) is 18.2 Å². The van der Waals surface area contributed by atoms with E-state index in [-0.39, 0.29) is 11.9 Å². The summed E-state index contributed by atoms with van der Waals surface area (Å²) in [5.74, 6) is 2.18. The number of benzene rings is 1. The van der Waals surface area contributed by atoms with Crippen molar-refractivity contribution < 1.29 is 14.3 Å². The van der Waals surface area contributed by atoms with E-state index in [0.29, 0.717) is 11.5 Å². The van der Waals surface area contributed by atoms with Gasteiger partial charge in [0.15, 0.2) is 11.5 Å². The van der Waals surface area contributed by atoms with Gasteiger partial charge in [-0.05, 0) is 56.9 Å². The SMILES string of the molecule is COc1ccc([C@H]2CCCN2C(=O)c2sc3nc(C)nc(C)c3c2C)cc1OC. The second-order valence-corrected chi connectivity index (χ2v) is 8.36. The summed E-state index contributed by atoms with van der Waals surface area (Å²) >= 11 is 1.47. The minimum absolute atomic E-state index is 0.0286. The molecule has 0 aliphatic carbocycles. The zero-order valence-electron chi connectivity index (χ0n) is 17.4. The predicted octanol–water partition coefficient (Wildman–Crippen LogP) is 4.61. The van der Waals surface area contributed by atoms with Crippen molar-refractivity contribution >= 4 is 27.5 Å². The Labute approximate surface area is 174 Å². The number of likely N-dealkylation sites (tertiary alicyclic amines) is 1. The highest BCUT2D eigenvalue weighted by atomic mass is 32.1. The van der Waals surface area contributed by atoms with Crippen molar-refractivity contribution in [3.05, 3.63) is 45.7 Å². The lowest BCUT2D eigenvalue weighted by Crippen LogP contribution is -2.30. The summed E-state index contributed by atoms with van der Waals surface area (Å²) in [7, 11) is 3.25. The molecule has 1 aromatic carbocycles. The molecule has 0 spiro atoms. The molecular formula is C22H25N3O3S. The number of carbonyl (C=O) groups is 1. The van der Waals surface area contributed by atoms with Crippen molar-refractivity contribution in [2.75, 3.05) is 20.8 Å². The molecule has 3 heterocycles. The lowest BCUT2D eigenvalue weighted by Gasteiger charge is -2.25. The van der Waals surface area contributed by atoms with E-state index in [2.05, 4.69) is 9.97 Å². The highest BCUT2D eigenvalue weighted by Crippen LogP contribution is 2.39. The van der Waals surface area contributed by atoms with E-state index < -0.39 is 0 Å². The van der Waals surface area contributed by atoms with Gasteiger partial charge in [0.2, 0.25) is 0 Å². The van der Waals surface area contributed by atoms with E-state index in [1.54, 1.807) is 14.2 Å². The Hall–Kier alpha value is -2.67. The average molecular weight is 412 g/mol. The molecule has 29 heavy (non-hydrogen) atoms. The standard InChI is InChI=1S/C22H25N3O3S/c1-12-19-13(2)23-14(3)24-21(19)29-20(12)22(26)25-10-6-7-16(25)15-8-9-17(27-4)18(11-15)28-5/h8-9,11,16H,6-7,10H2,1-5H3/t16-/m1/s1. The van der Waals surface area contributed by atoms with E-state index in [9.17, 15) is 4.79 Å². The molecular weight excluding hydrogens is 386 g/mol. The van der Waals surface area contributed by atoms with Crippen molar-refractivity contribution in [1.29, 1.82) is 0 Å².